The monoisotopic (exact) mass is 364 g/mol. The Labute approximate surface area is 158 Å². The fourth-order valence-corrected chi connectivity index (χ4v) is 3.20. The summed E-state index contributed by atoms with van der Waals surface area (Å²) in [6.45, 7) is 5.57. The first-order valence-corrected chi connectivity index (χ1v) is 9.76. The van der Waals surface area contributed by atoms with Crippen LogP contribution in [0.4, 0.5) is 0 Å². The second-order valence-electron chi connectivity index (χ2n) is 6.76. The van der Waals surface area contributed by atoms with Crippen LogP contribution >= 0.6 is 0 Å². The molecule has 0 unspecified atom stereocenters. The number of Topliss-reactive ketones (excluding diaryl/α,β-unsaturated/α-hetero) is 1. The molecule has 1 rings (SSSR count). The molecule has 1 aromatic carbocycles. The maximum Gasteiger partial charge on any atom is 0.160 e. The maximum absolute atomic E-state index is 12.1. The first kappa shape index (κ1) is 22.5. The molecular formula is C21H36N2O3. The van der Waals surface area contributed by atoms with Crippen LogP contribution in [0.5, 0.6) is 11.5 Å². The quantitative estimate of drug-likeness (QED) is 0.544. The number of nitrogens with zero attached hydrogens (tertiary/aromatic N) is 1. The van der Waals surface area contributed by atoms with Crippen molar-refractivity contribution in [3.63, 3.8) is 0 Å². The van der Waals surface area contributed by atoms with Gasteiger partial charge in [-0.1, -0.05) is 45.6 Å². The van der Waals surface area contributed by atoms with Crippen LogP contribution in [0.2, 0.25) is 0 Å². The molecule has 0 bridgehead atoms. The summed E-state index contributed by atoms with van der Waals surface area (Å²) >= 11 is 0. The fraction of sp³-hybridized carbons (Fsp3) is 0.667. The van der Waals surface area contributed by atoms with Gasteiger partial charge in [0.25, 0.3) is 0 Å². The first-order chi connectivity index (χ1) is 12.6. The highest BCUT2D eigenvalue weighted by atomic mass is 16.5. The predicted molar refractivity (Wildman–Crippen MR) is 107 cm³/mol. The summed E-state index contributed by atoms with van der Waals surface area (Å²) in [5.74, 6) is 1.64. The summed E-state index contributed by atoms with van der Waals surface area (Å²) in [4.78, 5) is 14.4. The van der Waals surface area contributed by atoms with Gasteiger partial charge in [0.1, 0.15) is 11.5 Å². The molecule has 26 heavy (non-hydrogen) atoms. The third kappa shape index (κ3) is 7.34. The van der Waals surface area contributed by atoms with Crippen molar-refractivity contribution in [2.45, 2.75) is 65.0 Å². The molecule has 0 heterocycles. The van der Waals surface area contributed by atoms with Crippen molar-refractivity contribution in [3.8, 4) is 11.5 Å². The van der Waals surface area contributed by atoms with E-state index in [1.165, 1.54) is 12.8 Å². The van der Waals surface area contributed by atoms with Crippen molar-refractivity contribution in [1.29, 1.82) is 0 Å². The number of carbonyl (C=O) groups is 1. The number of ketones is 1. The Bertz CT molecular complexity index is 526. The van der Waals surface area contributed by atoms with E-state index in [1.54, 1.807) is 14.2 Å². The Morgan fingerprint density at radius 2 is 1.77 bits per heavy atom. The summed E-state index contributed by atoms with van der Waals surface area (Å²) in [7, 11) is 3.31. The smallest absolute Gasteiger partial charge is 0.160 e. The number of hydrogen-bond acceptors (Lipinski definition) is 5. The van der Waals surface area contributed by atoms with Crippen molar-refractivity contribution in [2.75, 3.05) is 27.3 Å². The third-order valence-corrected chi connectivity index (χ3v) is 4.77. The number of nitrogens with two attached hydrogens (primary N) is 1. The highest BCUT2D eigenvalue weighted by Gasteiger charge is 2.21. The van der Waals surface area contributed by atoms with Gasteiger partial charge in [-0.2, -0.15) is 0 Å². The third-order valence-electron chi connectivity index (χ3n) is 4.77. The van der Waals surface area contributed by atoms with Gasteiger partial charge < -0.3 is 15.2 Å². The largest absolute Gasteiger partial charge is 0.497 e. The molecule has 0 aromatic heterocycles. The molecule has 0 radical (unpaired) electrons. The van der Waals surface area contributed by atoms with E-state index >= 15 is 0 Å². The van der Waals surface area contributed by atoms with Crippen molar-refractivity contribution >= 4 is 5.78 Å². The van der Waals surface area contributed by atoms with Crippen LogP contribution in [-0.4, -0.2) is 44.0 Å². The van der Waals surface area contributed by atoms with Gasteiger partial charge in [-0.15, -0.1) is 0 Å². The summed E-state index contributed by atoms with van der Waals surface area (Å²) in [6, 6.07) is 6.24. The zero-order valence-corrected chi connectivity index (χ0v) is 16.9. The molecule has 2 N–H and O–H groups in total. The summed E-state index contributed by atoms with van der Waals surface area (Å²) in [6.07, 6.45) is 6.86. The lowest BCUT2D eigenvalue weighted by molar-refractivity contribution is -0.119. The van der Waals surface area contributed by atoms with E-state index in [1.807, 2.05) is 18.2 Å². The SMILES string of the molecule is CCCCC(CCCC)N(CC(=O)CN)Cc1ccc(OC)cc1OC. The Morgan fingerprint density at radius 3 is 2.27 bits per heavy atom. The topological polar surface area (TPSA) is 64.8 Å². The molecule has 0 aliphatic rings. The molecule has 0 amide bonds. The summed E-state index contributed by atoms with van der Waals surface area (Å²) in [5.41, 5.74) is 6.66. The Hall–Kier alpha value is -1.59. The molecule has 0 saturated carbocycles. The average Bonchev–Trinajstić information content (AvgIpc) is 2.67. The molecule has 0 saturated heterocycles. The molecule has 0 aliphatic carbocycles. The van der Waals surface area contributed by atoms with Crippen LogP contribution in [0.15, 0.2) is 18.2 Å². The van der Waals surface area contributed by atoms with Crippen LogP contribution in [-0.2, 0) is 11.3 Å². The maximum atomic E-state index is 12.1. The summed E-state index contributed by atoms with van der Waals surface area (Å²) in [5, 5.41) is 0. The van der Waals surface area contributed by atoms with Crippen LogP contribution in [0, 0.1) is 0 Å². The van der Waals surface area contributed by atoms with Crippen LogP contribution in [0.25, 0.3) is 0 Å². The molecule has 0 aliphatic heterocycles. The minimum atomic E-state index is 0.0791. The van der Waals surface area contributed by atoms with E-state index < -0.39 is 0 Å². The van der Waals surface area contributed by atoms with Crippen LogP contribution in [0.3, 0.4) is 0 Å². The van der Waals surface area contributed by atoms with E-state index in [0.717, 1.165) is 42.7 Å². The lowest BCUT2D eigenvalue weighted by Gasteiger charge is -2.32. The van der Waals surface area contributed by atoms with Crippen LogP contribution < -0.4 is 15.2 Å². The van der Waals surface area contributed by atoms with Gasteiger partial charge >= 0.3 is 0 Å². The van der Waals surface area contributed by atoms with E-state index in [2.05, 4.69) is 18.7 Å². The second-order valence-corrected chi connectivity index (χ2v) is 6.76. The van der Waals surface area contributed by atoms with E-state index in [-0.39, 0.29) is 12.3 Å². The normalized spacial score (nSPS) is 11.2. The molecule has 5 nitrogen and oxygen atoms in total. The number of methoxy groups -OCH3 is 2. The second kappa shape index (κ2) is 12.7. The highest BCUT2D eigenvalue weighted by molar-refractivity contribution is 5.82. The molecule has 0 spiro atoms. The number of rotatable bonds is 14. The zero-order valence-electron chi connectivity index (χ0n) is 16.9. The van der Waals surface area contributed by atoms with E-state index in [4.69, 9.17) is 15.2 Å². The van der Waals surface area contributed by atoms with Gasteiger partial charge in [0.2, 0.25) is 0 Å². The molecule has 0 fully saturated rings. The van der Waals surface area contributed by atoms with Gasteiger partial charge in [0, 0.05) is 24.2 Å². The summed E-state index contributed by atoms with van der Waals surface area (Å²) < 4.78 is 10.8. The standard InChI is InChI=1S/C21H36N2O3/c1-5-7-9-18(10-8-6-2)23(16-19(24)14-22)15-17-11-12-20(25-3)13-21(17)26-4/h11-13,18H,5-10,14-16,22H2,1-4H3. The number of benzene rings is 1. The zero-order chi connectivity index (χ0) is 19.4. The van der Waals surface area contributed by atoms with Gasteiger partial charge in [0.05, 0.1) is 27.3 Å². The number of unbranched alkanes of at least 4 members (excludes halogenated alkanes) is 2. The van der Waals surface area contributed by atoms with Crippen LogP contribution in [0.1, 0.15) is 57.9 Å². The number of ether oxygens (including phenoxy) is 2. The van der Waals surface area contributed by atoms with Gasteiger partial charge in [-0.25, -0.2) is 0 Å². The minimum Gasteiger partial charge on any atom is -0.497 e. The fourth-order valence-electron chi connectivity index (χ4n) is 3.20. The molecule has 148 valence electrons. The lowest BCUT2D eigenvalue weighted by atomic mass is 10.0. The molecular weight excluding hydrogens is 328 g/mol. The van der Waals surface area contributed by atoms with Crippen molar-refractivity contribution in [2.24, 2.45) is 5.73 Å². The first-order valence-electron chi connectivity index (χ1n) is 9.76. The highest BCUT2D eigenvalue weighted by Crippen LogP contribution is 2.27. The Balaban J connectivity index is 3.04. The average molecular weight is 365 g/mol. The van der Waals surface area contributed by atoms with Crippen molar-refractivity contribution in [1.82, 2.24) is 4.90 Å². The number of hydrogen-bond donors (Lipinski definition) is 1. The Morgan fingerprint density at radius 1 is 1.12 bits per heavy atom. The van der Waals surface area contributed by atoms with Crippen molar-refractivity contribution < 1.29 is 14.3 Å². The van der Waals surface area contributed by atoms with Gasteiger partial charge in [-0.05, 0) is 18.9 Å². The van der Waals surface area contributed by atoms with Crippen molar-refractivity contribution in [3.05, 3.63) is 23.8 Å². The van der Waals surface area contributed by atoms with E-state index in [0.29, 0.717) is 19.1 Å². The van der Waals surface area contributed by atoms with Gasteiger partial charge in [0.15, 0.2) is 5.78 Å². The lowest BCUT2D eigenvalue weighted by Crippen LogP contribution is -2.40. The molecule has 0 atom stereocenters. The van der Waals surface area contributed by atoms with Gasteiger partial charge in [-0.3, -0.25) is 9.69 Å². The van der Waals surface area contributed by atoms with E-state index in [9.17, 15) is 4.79 Å². The molecule has 5 heteroatoms. The molecule has 1 aromatic rings. The predicted octanol–water partition coefficient (Wildman–Crippen LogP) is 3.78. The number of carbonyl (C=O) groups excluding carboxylic acids is 1. The Kier molecular flexibility index (Phi) is 11.0. The minimum absolute atomic E-state index is 0.0791.